The van der Waals surface area contributed by atoms with Crippen LogP contribution >= 0.6 is 15.9 Å². The number of ether oxygens (including phenoxy) is 1. The van der Waals surface area contributed by atoms with Crippen LogP contribution in [0.1, 0.15) is 17.9 Å². The predicted octanol–water partition coefficient (Wildman–Crippen LogP) is 1.86. The van der Waals surface area contributed by atoms with Gasteiger partial charge in [0.05, 0.1) is 11.3 Å². The van der Waals surface area contributed by atoms with Crippen molar-refractivity contribution in [2.75, 3.05) is 6.61 Å². The molecule has 2 heterocycles. The molecule has 1 N–H and O–H groups in total. The largest absolute Gasteiger partial charge is 0.456 e. The van der Waals surface area contributed by atoms with E-state index in [1.165, 1.54) is 0 Å². The minimum absolute atomic E-state index is 0.0761. The van der Waals surface area contributed by atoms with Gasteiger partial charge in [0.1, 0.15) is 6.61 Å². The molecule has 0 bridgehead atoms. The molecule has 0 saturated heterocycles. The first-order valence-electron chi connectivity index (χ1n) is 5.61. The van der Waals surface area contributed by atoms with E-state index in [0.29, 0.717) is 11.3 Å². The predicted molar refractivity (Wildman–Crippen MR) is 67.6 cm³/mol. The van der Waals surface area contributed by atoms with Crippen molar-refractivity contribution in [2.45, 2.75) is 12.3 Å². The number of rotatable bonds is 1. The third-order valence-electron chi connectivity index (χ3n) is 3.20. The summed E-state index contributed by atoms with van der Waals surface area (Å²) in [5.41, 5.74) is 2.14. The summed E-state index contributed by atoms with van der Waals surface area (Å²) in [7, 11) is 0. The van der Waals surface area contributed by atoms with Crippen molar-refractivity contribution < 1.29 is 14.3 Å². The molecule has 1 unspecified atom stereocenters. The maximum Gasteiger partial charge on any atom is 0.336 e. The molecular formula is C13H10BrNO3. The molecule has 1 amide bonds. The van der Waals surface area contributed by atoms with Gasteiger partial charge in [-0.2, -0.15) is 0 Å². The highest BCUT2D eigenvalue weighted by Gasteiger charge is 2.38. The molecule has 2 aliphatic rings. The Morgan fingerprint density at radius 1 is 1.28 bits per heavy atom. The zero-order chi connectivity index (χ0) is 12.7. The Morgan fingerprint density at radius 3 is 2.83 bits per heavy atom. The maximum absolute atomic E-state index is 11.8. The standard InChI is InChI=1S/C13H10BrNO3/c14-9-4-2-1-3-7(9)8-5-11(16)15-10-6-18-13(17)12(8)10/h1-4,8H,5-6H2,(H,15,16). The molecule has 0 aromatic heterocycles. The zero-order valence-electron chi connectivity index (χ0n) is 9.40. The van der Waals surface area contributed by atoms with Gasteiger partial charge in [-0.1, -0.05) is 34.1 Å². The second kappa shape index (κ2) is 4.24. The summed E-state index contributed by atoms with van der Waals surface area (Å²) >= 11 is 3.46. The van der Waals surface area contributed by atoms with Gasteiger partial charge in [-0.05, 0) is 11.6 Å². The summed E-state index contributed by atoms with van der Waals surface area (Å²) in [5, 5.41) is 2.71. The van der Waals surface area contributed by atoms with Crippen LogP contribution < -0.4 is 5.32 Å². The van der Waals surface area contributed by atoms with E-state index in [4.69, 9.17) is 4.74 Å². The number of nitrogens with one attached hydrogen (secondary N) is 1. The SMILES string of the molecule is O=C1CC(c2ccccc2Br)C2=C(COC2=O)N1. The third kappa shape index (κ3) is 1.75. The lowest BCUT2D eigenvalue weighted by Crippen LogP contribution is -2.32. The fraction of sp³-hybridized carbons (Fsp3) is 0.231. The molecule has 1 atom stereocenters. The van der Waals surface area contributed by atoms with Crippen molar-refractivity contribution in [1.29, 1.82) is 0 Å². The van der Waals surface area contributed by atoms with Gasteiger partial charge in [0.25, 0.3) is 0 Å². The Balaban J connectivity index is 2.10. The van der Waals surface area contributed by atoms with E-state index in [2.05, 4.69) is 21.2 Å². The van der Waals surface area contributed by atoms with Crippen LogP contribution in [0.25, 0.3) is 0 Å². The van der Waals surface area contributed by atoms with E-state index >= 15 is 0 Å². The molecule has 0 aliphatic carbocycles. The Kier molecular flexibility index (Phi) is 2.70. The maximum atomic E-state index is 11.8. The molecule has 0 saturated carbocycles. The van der Waals surface area contributed by atoms with Gasteiger partial charge in [0.2, 0.25) is 5.91 Å². The summed E-state index contributed by atoms with van der Waals surface area (Å²) < 4.78 is 5.90. The highest BCUT2D eigenvalue weighted by atomic mass is 79.9. The van der Waals surface area contributed by atoms with Crippen molar-refractivity contribution in [1.82, 2.24) is 5.32 Å². The molecule has 0 fully saturated rings. The summed E-state index contributed by atoms with van der Waals surface area (Å²) in [6.07, 6.45) is 0.274. The summed E-state index contributed by atoms with van der Waals surface area (Å²) in [5.74, 6) is -0.627. The first-order valence-corrected chi connectivity index (χ1v) is 6.40. The molecule has 5 heteroatoms. The highest BCUT2D eigenvalue weighted by Crippen LogP contribution is 2.38. The highest BCUT2D eigenvalue weighted by molar-refractivity contribution is 9.10. The van der Waals surface area contributed by atoms with Gasteiger partial charge < -0.3 is 10.1 Å². The first kappa shape index (κ1) is 11.5. The summed E-state index contributed by atoms with van der Waals surface area (Å²) in [6, 6.07) is 7.62. The van der Waals surface area contributed by atoms with E-state index in [0.717, 1.165) is 10.0 Å². The Hall–Kier alpha value is -1.62. The van der Waals surface area contributed by atoms with E-state index < -0.39 is 0 Å². The molecule has 0 radical (unpaired) electrons. The van der Waals surface area contributed by atoms with Crippen LogP contribution in [0.5, 0.6) is 0 Å². The van der Waals surface area contributed by atoms with Gasteiger partial charge in [-0.15, -0.1) is 0 Å². The van der Waals surface area contributed by atoms with Crippen LogP contribution in [0.3, 0.4) is 0 Å². The lowest BCUT2D eigenvalue weighted by molar-refractivity contribution is -0.136. The monoisotopic (exact) mass is 307 g/mol. The molecule has 92 valence electrons. The quantitative estimate of drug-likeness (QED) is 0.806. The lowest BCUT2D eigenvalue weighted by Gasteiger charge is -2.23. The van der Waals surface area contributed by atoms with E-state index in [9.17, 15) is 9.59 Å². The number of benzene rings is 1. The van der Waals surface area contributed by atoms with Crippen molar-refractivity contribution >= 4 is 27.8 Å². The number of hydrogen-bond acceptors (Lipinski definition) is 3. The number of carbonyl (C=O) groups is 2. The first-order chi connectivity index (χ1) is 8.66. The van der Waals surface area contributed by atoms with Crippen LogP contribution in [0.4, 0.5) is 0 Å². The minimum Gasteiger partial charge on any atom is -0.456 e. The topological polar surface area (TPSA) is 55.4 Å². The van der Waals surface area contributed by atoms with Gasteiger partial charge >= 0.3 is 5.97 Å². The lowest BCUT2D eigenvalue weighted by atomic mass is 9.85. The molecule has 18 heavy (non-hydrogen) atoms. The number of cyclic esters (lactones) is 1. The summed E-state index contributed by atoms with van der Waals surface area (Å²) in [6.45, 7) is 0.168. The second-order valence-corrected chi connectivity index (χ2v) is 5.15. The normalized spacial score (nSPS) is 22.6. The molecule has 2 aliphatic heterocycles. The fourth-order valence-electron chi connectivity index (χ4n) is 2.40. The number of esters is 1. The fourth-order valence-corrected chi connectivity index (χ4v) is 2.96. The Bertz CT molecular complexity index is 579. The number of carbonyl (C=O) groups excluding carboxylic acids is 2. The van der Waals surface area contributed by atoms with E-state index in [1.807, 2.05) is 24.3 Å². The number of halogens is 1. The van der Waals surface area contributed by atoms with Crippen molar-refractivity contribution in [3.8, 4) is 0 Å². The van der Waals surface area contributed by atoms with Crippen LogP contribution in [-0.4, -0.2) is 18.5 Å². The van der Waals surface area contributed by atoms with E-state index in [1.54, 1.807) is 0 Å². The van der Waals surface area contributed by atoms with Crippen LogP contribution in [0.2, 0.25) is 0 Å². The van der Waals surface area contributed by atoms with Gasteiger partial charge in [-0.25, -0.2) is 4.79 Å². The average molecular weight is 308 g/mol. The third-order valence-corrected chi connectivity index (χ3v) is 3.92. The average Bonchev–Trinajstić information content (AvgIpc) is 2.71. The van der Waals surface area contributed by atoms with Crippen LogP contribution in [0.15, 0.2) is 40.0 Å². The molecule has 4 nitrogen and oxygen atoms in total. The van der Waals surface area contributed by atoms with Crippen LogP contribution in [-0.2, 0) is 14.3 Å². The van der Waals surface area contributed by atoms with Crippen LogP contribution in [0, 0.1) is 0 Å². The van der Waals surface area contributed by atoms with E-state index in [-0.39, 0.29) is 30.8 Å². The molecular weight excluding hydrogens is 298 g/mol. The van der Waals surface area contributed by atoms with Crippen molar-refractivity contribution in [2.24, 2.45) is 0 Å². The van der Waals surface area contributed by atoms with Gasteiger partial charge in [0.15, 0.2) is 0 Å². The van der Waals surface area contributed by atoms with Gasteiger partial charge in [-0.3, -0.25) is 4.79 Å². The molecule has 3 rings (SSSR count). The Morgan fingerprint density at radius 2 is 2.06 bits per heavy atom. The smallest absolute Gasteiger partial charge is 0.336 e. The molecule has 1 aromatic carbocycles. The molecule has 1 aromatic rings. The van der Waals surface area contributed by atoms with Crippen molar-refractivity contribution in [3.05, 3.63) is 45.6 Å². The zero-order valence-corrected chi connectivity index (χ0v) is 11.0. The summed E-state index contributed by atoms with van der Waals surface area (Å²) in [4.78, 5) is 23.4. The Labute approximate surface area is 112 Å². The minimum atomic E-state index is -0.328. The molecule has 0 spiro atoms. The number of hydrogen-bond donors (Lipinski definition) is 1. The van der Waals surface area contributed by atoms with Crippen molar-refractivity contribution in [3.63, 3.8) is 0 Å². The number of amides is 1. The second-order valence-electron chi connectivity index (χ2n) is 4.29. The van der Waals surface area contributed by atoms with Gasteiger partial charge in [0, 0.05) is 16.8 Å².